The molecule has 0 radical (unpaired) electrons. The number of aliphatic carboxylic acids is 1. The zero-order valence-corrected chi connectivity index (χ0v) is 10.2. The zero-order chi connectivity index (χ0) is 13.4. The summed E-state index contributed by atoms with van der Waals surface area (Å²) in [7, 11) is 0. The molecule has 1 aliphatic heterocycles. The van der Waals surface area contributed by atoms with Gasteiger partial charge in [0.25, 0.3) is 0 Å². The molecule has 0 aromatic carbocycles. The average molecular weight is 259 g/mol. The van der Waals surface area contributed by atoms with E-state index < -0.39 is 11.9 Å². The van der Waals surface area contributed by atoms with Crippen LogP contribution in [0.15, 0.2) is 30.6 Å². The number of nitrogens with zero attached hydrogens (tertiary/aromatic N) is 3. The maximum absolute atomic E-state index is 11.7. The Kier molecular flexibility index (Phi) is 2.70. The first-order chi connectivity index (χ1) is 9.13. The molecule has 2 aromatic rings. The molecule has 1 fully saturated rings. The van der Waals surface area contributed by atoms with E-state index in [0.717, 1.165) is 11.3 Å². The Labute approximate surface area is 109 Å². The number of rotatable bonds is 3. The Morgan fingerprint density at radius 3 is 3.00 bits per heavy atom. The number of carbonyl (C=O) groups excluding carboxylic acids is 1. The topological polar surface area (TPSA) is 74.9 Å². The number of amides is 1. The number of pyridine rings is 1. The van der Waals surface area contributed by atoms with Crippen LogP contribution in [0.3, 0.4) is 0 Å². The number of likely N-dealkylation sites (tertiary alicyclic amines) is 1. The number of carboxylic acids is 1. The van der Waals surface area contributed by atoms with Gasteiger partial charge in [-0.25, -0.2) is 4.98 Å². The molecule has 1 saturated heterocycles. The summed E-state index contributed by atoms with van der Waals surface area (Å²) in [6, 6.07) is 5.68. The van der Waals surface area contributed by atoms with Crippen molar-refractivity contribution in [3.63, 3.8) is 0 Å². The number of hydrogen-bond acceptors (Lipinski definition) is 3. The average Bonchev–Trinajstić information content (AvgIpc) is 2.93. The van der Waals surface area contributed by atoms with Crippen molar-refractivity contribution in [2.75, 3.05) is 6.54 Å². The van der Waals surface area contributed by atoms with Crippen LogP contribution in [-0.2, 0) is 16.1 Å². The Morgan fingerprint density at radius 2 is 2.32 bits per heavy atom. The summed E-state index contributed by atoms with van der Waals surface area (Å²) < 4.78 is 1.88. The molecule has 1 amide bonds. The van der Waals surface area contributed by atoms with Crippen LogP contribution in [0.2, 0.25) is 0 Å². The third-order valence-corrected chi connectivity index (χ3v) is 3.33. The van der Waals surface area contributed by atoms with Gasteiger partial charge in [-0.1, -0.05) is 6.07 Å². The summed E-state index contributed by atoms with van der Waals surface area (Å²) in [5.41, 5.74) is 1.59. The van der Waals surface area contributed by atoms with E-state index >= 15 is 0 Å². The monoisotopic (exact) mass is 259 g/mol. The molecule has 6 heteroatoms. The molecule has 0 bridgehead atoms. The molecular weight excluding hydrogens is 246 g/mol. The second-order valence-electron chi connectivity index (χ2n) is 4.71. The van der Waals surface area contributed by atoms with Crippen LogP contribution in [-0.4, -0.2) is 37.8 Å². The number of carboxylic acid groups (broad SMARTS) is 1. The summed E-state index contributed by atoms with van der Waals surface area (Å²) in [6.07, 6.45) is 3.83. The summed E-state index contributed by atoms with van der Waals surface area (Å²) in [5, 5.41) is 8.93. The maximum atomic E-state index is 11.7. The second kappa shape index (κ2) is 4.38. The molecule has 1 unspecified atom stereocenters. The van der Waals surface area contributed by atoms with Crippen molar-refractivity contribution >= 4 is 17.5 Å². The van der Waals surface area contributed by atoms with Crippen molar-refractivity contribution in [3.05, 3.63) is 36.3 Å². The minimum atomic E-state index is -0.911. The van der Waals surface area contributed by atoms with E-state index in [0.29, 0.717) is 6.54 Å². The molecule has 1 N–H and O–H groups in total. The normalized spacial score (nSPS) is 19.3. The van der Waals surface area contributed by atoms with Gasteiger partial charge < -0.3 is 14.4 Å². The van der Waals surface area contributed by atoms with Gasteiger partial charge in [0.2, 0.25) is 5.91 Å². The zero-order valence-electron chi connectivity index (χ0n) is 10.2. The van der Waals surface area contributed by atoms with Gasteiger partial charge in [-0.2, -0.15) is 0 Å². The SMILES string of the molecule is O=C(O)C1CC(=O)N(Cc2cn3ccccc3n2)C1. The maximum Gasteiger partial charge on any atom is 0.308 e. The third kappa shape index (κ3) is 2.16. The lowest BCUT2D eigenvalue weighted by Crippen LogP contribution is -2.25. The number of carbonyl (C=O) groups is 2. The number of imidazole rings is 1. The molecular formula is C13H13N3O3. The first-order valence-electron chi connectivity index (χ1n) is 6.06. The first-order valence-corrected chi connectivity index (χ1v) is 6.06. The largest absolute Gasteiger partial charge is 0.481 e. The molecule has 3 rings (SSSR count). The van der Waals surface area contributed by atoms with E-state index in [1.165, 1.54) is 0 Å². The fourth-order valence-electron chi connectivity index (χ4n) is 2.35. The Hall–Kier alpha value is -2.37. The summed E-state index contributed by atoms with van der Waals surface area (Å²) in [4.78, 5) is 28.6. The second-order valence-corrected chi connectivity index (χ2v) is 4.71. The van der Waals surface area contributed by atoms with Gasteiger partial charge in [-0.3, -0.25) is 9.59 Å². The van der Waals surface area contributed by atoms with Crippen LogP contribution in [0.4, 0.5) is 0 Å². The fraction of sp³-hybridized carbons (Fsp3) is 0.308. The van der Waals surface area contributed by atoms with Crippen LogP contribution in [0.1, 0.15) is 12.1 Å². The molecule has 1 aliphatic rings. The van der Waals surface area contributed by atoms with Gasteiger partial charge in [-0.05, 0) is 12.1 Å². The highest BCUT2D eigenvalue weighted by Gasteiger charge is 2.34. The standard InChI is InChI=1S/C13H13N3O3/c17-12-5-9(13(18)19)6-16(12)8-10-7-15-4-2-1-3-11(15)14-10/h1-4,7,9H,5-6,8H2,(H,18,19). The predicted molar refractivity (Wildman–Crippen MR) is 66.4 cm³/mol. The van der Waals surface area contributed by atoms with Crippen molar-refractivity contribution in [2.45, 2.75) is 13.0 Å². The lowest BCUT2D eigenvalue weighted by Gasteiger charge is -2.13. The smallest absolute Gasteiger partial charge is 0.308 e. The third-order valence-electron chi connectivity index (χ3n) is 3.33. The van der Waals surface area contributed by atoms with Crippen molar-refractivity contribution in [1.29, 1.82) is 0 Å². The number of hydrogen-bond donors (Lipinski definition) is 1. The molecule has 1 atom stereocenters. The fourth-order valence-corrected chi connectivity index (χ4v) is 2.35. The highest BCUT2D eigenvalue weighted by atomic mass is 16.4. The summed E-state index contributed by atoms with van der Waals surface area (Å²) in [6.45, 7) is 0.631. The predicted octanol–water partition coefficient (Wildman–Crippen LogP) is 0.767. The van der Waals surface area contributed by atoms with Gasteiger partial charge >= 0.3 is 5.97 Å². The molecule has 0 spiro atoms. The number of fused-ring (bicyclic) bond motifs is 1. The Bertz CT molecular complexity index is 616. The van der Waals surface area contributed by atoms with Gasteiger partial charge in [0.05, 0.1) is 18.2 Å². The van der Waals surface area contributed by atoms with E-state index in [1.807, 2.05) is 35.0 Å². The molecule has 3 heterocycles. The van der Waals surface area contributed by atoms with Crippen molar-refractivity contribution < 1.29 is 14.7 Å². The molecule has 0 aliphatic carbocycles. The molecule has 6 nitrogen and oxygen atoms in total. The molecule has 98 valence electrons. The van der Waals surface area contributed by atoms with Gasteiger partial charge in [-0.15, -0.1) is 0 Å². The van der Waals surface area contributed by atoms with E-state index in [9.17, 15) is 9.59 Å². The minimum Gasteiger partial charge on any atom is -0.481 e. The Balaban J connectivity index is 1.78. The minimum absolute atomic E-state index is 0.0860. The highest BCUT2D eigenvalue weighted by molar-refractivity contribution is 5.86. The van der Waals surface area contributed by atoms with Crippen LogP contribution in [0, 0.1) is 5.92 Å². The van der Waals surface area contributed by atoms with Crippen molar-refractivity contribution in [2.24, 2.45) is 5.92 Å². The van der Waals surface area contributed by atoms with Gasteiger partial charge in [0.1, 0.15) is 5.65 Å². The first kappa shape index (κ1) is 11.7. The summed E-state index contributed by atoms with van der Waals surface area (Å²) in [5.74, 6) is -1.63. The van der Waals surface area contributed by atoms with Gasteiger partial charge in [0, 0.05) is 25.4 Å². The number of aromatic nitrogens is 2. The van der Waals surface area contributed by atoms with Crippen molar-refractivity contribution in [1.82, 2.24) is 14.3 Å². The van der Waals surface area contributed by atoms with E-state index in [1.54, 1.807) is 4.90 Å². The molecule has 0 saturated carbocycles. The lowest BCUT2D eigenvalue weighted by atomic mass is 10.1. The van der Waals surface area contributed by atoms with Crippen LogP contribution >= 0.6 is 0 Å². The van der Waals surface area contributed by atoms with Crippen LogP contribution < -0.4 is 0 Å². The molecule has 19 heavy (non-hydrogen) atoms. The van der Waals surface area contributed by atoms with E-state index in [-0.39, 0.29) is 18.9 Å². The Morgan fingerprint density at radius 1 is 1.47 bits per heavy atom. The molecule has 2 aromatic heterocycles. The van der Waals surface area contributed by atoms with Gasteiger partial charge in [0.15, 0.2) is 0 Å². The van der Waals surface area contributed by atoms with Crippen molar-refractivity contribution in [3.8, 4) is 0 Å². The lowest BCUT2D eigenvalue weighted by molar-refractivity contribution is -0.141. The quantitative estimate of drug-likeness (QED) is 0.883. The van der Waals surface area contributed by atoms with E-state index in [2.05, 4.69) is 4.98 Å². The van der Waals surface area contributed by atoms with Crippen LogP contribution in [0.5, 0.6) is 0 Å². The van der Waals surface area contributed by atoms with E-state index in [4.69, 9.17) is 5.11 Å². The highest BCUT2D eigenvalue weighted by Crippen LogP contribution is 2.20. The summed E-state index contributed by atoms with van der Waals surface area (Å²) >= 11 is 0. The van der Waals surface area contributed by atoms with Crippen LogP contribution in [0.25, 0.3) is 5.65 Å².